The molecule has 0 aromatic carbocycles. The Morgan fingerprint density at radius 2 is 1.56 bits per heavy atom. The lowest BCUT2D eigenvalue weighted by molar-refractivity contribution is 0.622. The van der Waals surface area contributed by atoms with E-state index in [0.29, 0.717) is 12.5 Å². The van der Waals surface area contributed by atoms with Gasteiger partial charge in [0.05, 0.1) is 0 Å². The van der Waals surface area contributed by atoms with Crippen molar-refractivity contribution in [2.45, 2.75) is 0 Å². The quantitative estimate of drug-likeness (QED) is 0.376. The first-order valence-electron chi connectivity index (χ1n) is 5.41. The van der Waals surface area contributed by atoms with Gasteiger partial charge in [-0.05, 0) is 0 Å². The number of nitrogens with two attached hydrogens (primary N) is 1. The van der Waals surface area contributed by atoms with E-state index in [0.717, 1.165) is 32.7 Å². The molecule has 0 unspecified atom stereocenters. The van der Waals surface area contributed by atoms with Gasteiger partial charge in [0.2, 0.25) is 5.95 Å². The molecule has 0 amide bonds. The summed E-state index contributed by atoms with van der Waals surface area (Å²) in [6, 6.07) is 0. The van der Waals surface area contributed by atoms with Crippen molar-refractivity contribution >= 4 is 5.95 Å². The second kappa shape index (κ2) is 8.96. The summed E-state index contributed by atoms with van der Waals surface area (Å²) in [4.78, 5) is 11.6. The number of hydrogen-bond acceptors (Lipinski definition) is 7. The summed E-state index contributed by atoms with van der Waals surface area (Å²) in [7, 11) is 0. The van der Waals surface area contributed by atoms with Crippen molar-refractivity contribution in [1.29, 1.82) is 0 Å². The maximum atomic E-state index is 5.34. The van der Waals surface area contributed by atoms with Crippen molar-refractivity contribution in [3.05, 3.63) is 12.7 Å². The van der Waals surface area contributed by atoms with E-state index >= 15 is 0 Å². The molecule has 1 rings (SSSR count). The van der Waals surface area contributed by atoms with Gasteiger partial charge in [0.15, 0.2) is 0 Å². The van der Waals surface area contributed by atoms with Gasteiger partial charge in [0.1, 0.15) is 12.7 Å². The molecule has 0 aliphatic carbocycles. The summed E-state index contributed by atoms with van der Waals surface area (Å²) >= 11 is 0. The van der Waals surface area contributed by atoms with Gasteiger partial charge >= 0.3 is 0 Å². The van der Waals surface area contributed by atoms with Crippen LogP contribution in [0.2, 0.25) is 0 Å². The second-order valence-electron chi connectivity index (χ2n) is 3.18. The van der Waals surface area contributed by atoms with Crippen LogP contribution in [0.5, 0.6) is 0 Å². The Morgan fingerprint density at radius 1 is 0.938 bits per heavy atom. The molecular weight excluding hydrogens is 206 g/mol. The Bertz CT molecular complexity index is 253. The van der Waals surface area contributed by atoms with Gasteiger partial charge in [-0.3, -0.25) is 0 Å². The van der Waals surface area contributed by atoms with Crippen LogP contribution >= 0.6 is 0 Å². The van der Waals surface area contributed by atoms with Crippen molar-refractivity contribution in [2.75, 3.05) is 44.6 Å². The fourth-order valence-electron chi connectivity index (χ4n) is 1.12. The fraction of sp³-hybridized carbons (Fsp3) is 0.667. The van der Waals surface area contributed by atoms with E-state index in [1.165, 1.54) is 12.7 Å². The van der Waals surface area contributed by atoms with Gasteiger partial charge in [0, 0.05) is 39.3 Å². The first kappa shape index (κ1) is 12.8. The van der Waals surface area contributed by atoms with E-state index < -0.39 is 0 Å². The summed E-state index contributed by atoms with van der Waals surface area (Å²) in [5.74, 6) is 0.609. The predicted octanol–water partition coefficient (Wildman–Crippen LogP) is -1.58. The largest absolute Gasteiger partial charge is 0.353 e. The molecule has 0 fully saturated rings. The van der Waals surface area contributed by atoms with Gasteiger partial charge in [-0.15, -0.1) is 0 Å². The van der Waals surface area contributed by atoms with Crippen LogP contribution in [0.4, 0.5) is 5.95 Å². The highest BCUT2D eigenvalue weighted by atomic mass is 15.1. The number of rotatable bonds is 9. The molecule has 5 N–H and O–H groups in total. The van der Waals surface area contributed by atoms with Crippen LogP contribution in [0.25, 0.3) is 0 Å². The highest BCUT2D eigenvalue weighted by Crippen LogP contribution is 1.89. The minimum atomic E-state index is 0.609. The van der Waals surface area contributed by atoms with Crippen molar-refractivity contribution < 1.29 is 0 Å². The monoisotopic (exact) mass is 225 g/mol. The Morgan fingerprint density at radius 3 is 2.25 bits per heavy atom. The minimum Gasteiger partial charge on any atom is -0.353 e. The molecule has 1 aromatic rings. The van der Waals surface area contributed by atoms with Gasteiger partial charge in [-0.1, -0.05) is 0 Å². The standard InChI is InChI=1S/C9H19N7/c10-1-2-11-3-4-12-5-6-14-9-15-7-13-8-16-9/h7-8,11-12H,1-6,10H2,(H,13,14,15,16). The van der Waals surface area contributed by atoms with Crippen LogP contribution < -0.4 is 21.7 Å². The Hall–Kier alpha value is -1.31. The van der Waals surface area contributed by atoms with Gasteiger partial charge in [-0.2, -0.15) is 0 Å². The van der Waals surface area contributed by atoms with Crippen LogP contribution in [-0.4, -0.2) is 54.2 Å². The molecule has 0 radical (unpaired) electrons. The smallest absolute Gasteiger partial charge is 0.225 e. The molecule has 0 saturated heterocycles. The lowest BCUT2D eigenvalue weighted by atomic mass is 10.5. The highest BCUT2D eigenvalue weighted by Gasteiger charge is 1.92. The highest BCUT2D eigenvalue weighted by molar-refractivity contribution is 5.20. The number of nitrogens with zero attached hydrogens (tertiary/aromatic N) is 3. The third-order valence-corrected chi connectivity index (χ3v) is 1.88. The lowest BCUT2D eigenvalue weighted by Gasteiger charge is -2.06. The van der Waals surface area contributed by atoms with E-state index in [1.807, 2.05) is 0 Å². The summed E-state index contributed by atoms with van der Waals surface area (Å²) in [6.45, 7) is 5.07. The van der Waals surface area contributed by atoms with Crippen LogP contribution in [0, 0.1) is 0 Å². The number of aromatic nitrogens is 3. The fourth-order valence-corrected chi connectivity index (χ4v) is 1.12. The zero-order chi connectivity index (χ0) is 11.5. The van der Waals surface area contributed by atoms with Crippen LogP contribution in [-0.2, 0) is 0 Å². The minimum absolute atomic E-state index is 0.609. The van der Waals surface area contributed by atoms with Crippen LogP contribution in [0.3, 0.4) is 0 Å². The first-order chi connectivity index (χ1) is 7.93. The summed E-state index contributed by atoms with van der Waals surface area (Å²) < 4.78 is 0. The van der Waals surface area contributed by atoms with E-state index in [2.05, 4.69) is 30.9 Å². The molecule has 1 heterocycles. The SMILES string of the molecule is NCCNCCNCCNc1ncncn1. The third kappa shape index (κ3) is 6.23. The summed E-state index contributed by atoms with van der Waals surface area (Å²) in [6.07, 6.45) is 2.94. The van der Waals surface area contributed by atoms with Crippen molar-refractivity contribution in [3.8, 4) is 0 Å². The zero-order valence-corrected chi connectivity index (χ0v) is 9.32. The van der Waals surface area contributed by atoms with Gasteiger partial charge < -0.3 is 21.7 Å². The first-order valence-corrected chi connectivity index (χ1v) is 5.41. The molecule has 90 valence electrons. The average molecular weight is 225 g/mol. The normalized spacial score (nSPS) is 10.3. The maximum absolute atomic E-state index is 5.34. The molecule has 16 heavy (non-hydrogen) atoms. The third-order valence-electron chi connectivity index (χ3n) is 1.88. The Kier molecular flexibility index (Phi) is 7.14. The molecule has 0 aliphatic heterocycles. The Balaban J connectivity index is 1.89. The molecule has 0 spiro atoms. The molecule has 0 aliphatic rings. The molecule has 0 atom stereocenters. The van der Waals surface area contributed by atoms with E-state index in [9.17, 15) is 0 Å². The van der Waals surface area contributed by atoms with Crippen LogP contribution in [0.15, 0.2) is 12.7 Å². The van der Waals surface area contributed by atoms with Crippen LogP contribution in [0.1, 0.15) is 0 Å². The second-order valence-corrected chi connectivity index (χ2v) is 3.18. The van der Waals surface area contributed by atoms with Gasteiger partial charge in [-0.25, -0.2) is 15.0 Å². The molecule has 7 heteroatoms. The van der Waals surface area contributed by atoms with E-state index in [-0.39, 0.29) is 0 Å². The van der Waals surface area contributed by atoms with E-state index in [4.69, 9.17) is 5.73 Å². The van der Waals surface area contributed by atoms with Gasteiger partial charge in [0.25, 0.3) is 0 Å². The Labute approximate surface area is 95.3 Å². The lowest BCUT2D eigenvalue weighted by Crippen LogP contribution is -2.32. The van der Waals surface area contributed by atoms with Crippen molar-refractivity contribution in [2.24, 2.45) is 5.73 Å². The molecule has 0 saturated carbocycles. The van der Waals surface area contributed by atoms with E-state index in [1.54, 1.807) is 0 Å². The number of nitrogens with one attached hydrogen (secondary N) is 3. The topological polar surface area (TPSA) is 101 Å². The number of anilines is 1. The zero-order valence-electron chi connectivity index (χ0n) is 9.32. The summed E-state index contributed by atoms with van der Waals surface area (Å²) in [5, 5.41) is 9.56. The average Bonchev–Trinajstić information content (AvgIpc) is 2.34. The van der Waals surface area contributed by atoms with Crippen molar-refractivity contribution in [3.63, 3.8) is 0 Å². The predicted molar refractivity (Wildman–Crippen MR) is 63.1 cm³/mol. The maximum Gasteiger partial charge on any atom is 0.225 e. The van der Waals surface area contributed by atoms with Crippen molar-refractivity contribution in [1.82, 2.24) is 25.6 Å². The molecule has 1 aromatic heterocycles. The molecule has 7 nitrogen and oxygen atoms in total. The molecular formula is C9H19N7. The molecule has 0 bridgehead atoms. The summed E-state index contributed by atoms with van der Waals surface area (Å²) in [5.41, 5.74) is 5.34. The number of hydrogen-bond donors (Lipinski definition) is 4.